The Balaban J connectivity index is 2.96. The van der Waals surface area contributed by atoms with Gasteiger partial charge in [0, 0.05) is 19.3 Å². The van der Waals surface area contributed by atoms with Crippen LogP contribution in [0.5, 0.6) is 0 Å². The van der Waals surface area contributed by atoms with Gasteiger partial charge in [-0.3, -0.25) is 0 Å². The summed E-state index contributed by atoms with van der Waals surface area (Å²) in [6.45, 7) is 5.72. The van der Waals surface area contributed by atoms with Crippen LogP contribution in [-0.4, -0.2) is 39.0 Å². The minimum absolute atomic E-state index is 0.0119. The van der Waals surface area contributed by atoms with E-state index >= 15 is 0 Å². The Labute approximate surface area is 119 Å². The van der Waals surface area contributed by atoms with Crippen LogP contribution in [0.3, 0.4) is 0 Å². The fourth-order valence-electron chi connectivity index (χ4n) is 1.57. The number of anilines is 1. The average molecular weight is 304 g/mol. The van der Waals surface area contributed by atoms with Gasteiger partial charge in [-0.25, -0.2) is 12.8 Å². The van der Waals surface area contributed by atoms with E-state index in [1.165, 1.54) is 7.05 Å². The van der Waals surface area contributed by atoms with Crippen molar-refractivity contribution >= 4 is 15.7 Å². The third-order valence-corrected chi connectivity index (χ3v) is 4.74. The van der Waals surface area contributed by atoms with Crippen molar-refractivity contribution in [2.24, 2.45) is 0 Å². The molecule has 0 aromatic heterocycles. The second-order valence-electron chi connectivity index (χ2n) is 4.89. The number of sulfonamides is 1. The van der Waals surface area contributed by atoms with E-state index in [-0.39, 0.29) is 24.9 Å². The van der Waals surface area contributed by atoms with Crippen LogP contribution < -0.4 is 5.73 Å². The molecule has 0 aliphatic carbocycles. The van der Waals surface area contributed by atoms with E-state index in [9.17, 15) is 12.8 Å². The molecule has 0 aliphatic heterocycles. The first-order valence-electron chi connectivity index (χ1n) is 6.29. The van der Waals surface area contributed by atoms with E-state index in [2.05, 4.69) is 0 Å². The highest BCUT2D eigenvalue weighted by Gasteiger charge is 2.25. The number of likely N-dealkylation sites (N-methyl/N-ethyl adjacent to an activating group) is 1. The van der Waals surface area contributed by atoms with Crippen molar-refractivity contribution in [2.45, 2.75) is 31.8 Å². The Morgan fingerprint density at radius 2 is 2.00 bits per heavy atom. The van der Waals surface area contributed by atoms with Gasteiger partial charge in [-0.15, -0.1) is 0 Å². The number of aryl methyl sites for hydroxylation is 1. The molecule has 7 heteroatoms. The number of hydrogen-bond donors (Lipinski definition) is 1. The molecule has 1 aromatic carbocycles. The van der Waals surface area contributed by atoms with Crippen molar-refractivity contribution in [3.8, 4) is 0 Å². The van der Waals surface area contributed by atoms with Crippen LogP contribution in [-0.2, 0) is 14.8 Å². The Morgan fingerprint density at radius 1 is 1.40 bits per heavy atom. The van der Waals surface area contributed by atoms with Crippen LogP contribution in [0.1, 0.15) is 19.4 Å². The molecule has 0 radical (unpaired) electrons. The molecule has 0 fully saturated rings. The number of rotatable bonds is 6. The lowest BCUT2D eigenvalue weighted by atomic mass is 10.2. The lowest BCUT2D eigenvalue weighted by Crippen LogP contribution is -2.31. The topological polar surface area (TPSA) is 72.6 Å². The Morgan fingerprint density at radius 3 is 2.55 bits per heavy atom. The molecule has 1 aromatic rings. The summed E-state index contributed by atoms with van der Waals surface area (Å²) in [5.74, 6) is -0.798. The molecule has 114 valence electrons. The van der Waals surface area contributed by atoms with Crippen molar-refractivity contribution < 1.29 is 17.5 Å². The van der Waals surface area contributed by atoms with Gasteiger partial charge in [0.25, 0.3) is 0 Å². The van der Waals surface area contributed by atoms with Crippen molar-refractivity contribution in [2.75, 3.05) is 25.9 Å². The minimum Gasteiger partial charge on any atom is -0.398 e. The lowest BCUT2D eigenvalue weighted by molar-refractivity contribution is 0.0737. The minimum atomic E-state index is -3.91. The standard InChI is InChI=1S/C13H21FN2O3S/c1-9(2)19-6-5-16(4)20(17,18)13-8-12(15)10(3)7-11(13)14/h7-9H,5-6,15H2,1-4H3. The summed E-state index contributed by atoms with van der Waals surface area (Å²) < 4.78 is 44.7. The Kier molecular flexibility index (Phi) is 5.50. The van der Waals surface area contributed by atoms with Crippen molar-refractivity contribution in [3.63, 3.8) is 0 Å². The van der Waals surface area contributed by atoms with Gasteiger partial charge in [-0.05, 0) is 38.5 Å². The molecule has 1 rings (SSSR count). The van der Waals surface area contributed by atoms with E-state index in [1.54, 1.807) is 6.92 Å². The third-order valence-electron chi connectivity index (χ3n) is 2.87. The molecule has 0 aliphatic rings. The summed E-state index contributed by atoms with van der Waals surface area (Å²) in [7, 11) is -2.53. The smallest absolute Gasteiger partial charge is 0.245 e. The molecular formula is C13H21FN2O3S. The van der Waals surface area contributed by atoms with Crippen LogP contribution in [0.15, 0.2) is 17.0 Å². The van der Waals surface area contributed by atoms with Crippen LogP contribution in [0.2, 0.25) is 0 Å². The number of halogens is 1. The third kappa shape index (κ3) is 3.91. The number of nitrogens with two attached hydrogens (primary N) is 1. The molecule has 0 atom stereocenters. The average Bonchev–Trinajstić information content (AvgIpc) is 2.32. The van der Waals surface area contributed by atoms with Crippen molar-refractivity contribution in [3.05, 3.63) is 23.5 Å². The summed E-state index contributed by atoms with van der Waals surface area (Å²) in [5.41, 5.74) is 6.41. The molecule has 0 heterocycles. The fourth-order valence-corrected chi connectivity index (χ4v) is 2.80. The Hall–Kier alpha value is -1.18. The normalized spacial score (nSPS) is 12.3. The second-order valence-corrected chi connectivity index (χ2v) is 6.90. The Bertz CT molecular complexity index is 573. The second kappa shape index (κ2) is 6.51. The summed E-state index contributed by atoms with van der Waals surface area (Å²) in [6.07, 6.45) is 0.0119. The largest absolute Gasteiger partial charge is 0.398 e. The molecule has 0 unspecified atom stereocenters. The summed E-state index contributed by atoms with van der Waals surface area (Å²) >= 11 is 0. The molecule has 20 heavy (non-hydrogen) atoms. The fraction of sp³-hybridized carbons (Fsp3) is 0.538. The number of nitrogens with zero attached hydrogens (tertiary/aromatic N) is 1. The van der Waals surface area contributed by atoms with Gasteiger partial charge in [0.15, 0.2) is 0 Å². The SMILES string of the molecule is Cc1cc(F)c(S(=O)(=O)N(C)CCOC(C)C)cc1N. The highest BCUT2D eigenvalue weighted by Crippen LogP contribution is 2.23. The number of hydrogen-bond acceptors (Lipinski definition) is 4. The van der Waals surface area contributed by atoms with Gasteiger partial charge >= 0.3 is 0 Å². The monoisotopic (exact) mass is 304 g/mol. The summed E-state index contributed by atoms with van der Waals surface area (Å²) in [5, 5.41) is 0. The van der Waals surface area contributed by atoms with Crippen LogP contribution in [0.25, 0.3) is 0 Å². The van der Waals surface area contributed by atoms with E-state index < -0.39 is 20.7 Å². The molecule has 0 spiro atoms. The zero-order chi connectivity index (χ0) is 15.5. The highest BCUT2D eigenvalue weighted by molar-refractivity contribution is 7.89. The molecule has 5 nitrogen and oxygen atoms in total. The van der Waals surface area contributed by atoms with Gasteiger partial charge < -0.3 is 10.5 Å². The zero-order valence-electron chi connectivity index (χ0n) is 12.2. The predicted molar refractivity (Wildman–Crippen MR) is 76.5 cm³/mol. The predicted octanol–water partition coefficient (Wildman–Crippen LogP) is 1.76. The molecular weight excluding hydrogens is 283 g/mol. The van der Waals surface area contributed by atoms with E-state index in [0.29, 0.717) is 5.56 Å². The zero-order valence-corrected chi connectivity index (χ0v) is 13.0. The van der Waals surface area contributed by atoms with E-state index in [0.717, 1.165) is 16.4 Å². The molecule has 0 amide bonds. The maximum atomic E-state index is 13.8. The highest BCUT2D eigenvalue weighted by atomic mass is 32.2. The van der Waals surface area contributed by atoms with Gasteiger partial charge in [0.05, 0.1) is 12.7 Å². The first kappa shape index (κ1) is 16.9. The summed E-state index contributed by atoms with van der Waals surface area (Å²) in [4.78, 5) is -0.410. The molecule has 0 saturated heterocycles. The van der Waals surface area contributed by atoms with Gasteiger partial charge in [-0.1, -0.05) is 0 Å². The van der Waals surface area contributed by atoms with Gasteiger partial charge in [-0.2, -0.15) is 4.31 Å². The number of nitrogen functional groups attached to an aromatic ring is 1. The lowest BCUT2D eigenvalue weighted by Gasteiger charge is -2.19. The van der Waals surface area contributed by atoms with Crippen LogP contribution in [0.4, 0.5) is 10.1 Å². The summed E-state index contributed by atoms with van der Waals surface area (Å²) in [6, 6.07) is 2.28. The number of ether oxygens (including phenoxy) is 1. The van der Waals surface area contributed by atoms with Crippen LogP contribution in [0, 0.1) is 12.7 Å². The van der Waals surface area contributed by atoms with Crippen molar-refractivity contribution in [1.29, 1.82) is 0 Å². The van der Waals surface area contributed by atoms with Crippen LogP contribution >= 0.6 is 0 Å². The number of benzene rings is 1. The van der Waals surface area contributed by atoms with E-state index in [1.807, 2.05) is 13.8 Å². The maximum absolute atomic E-state index is 13.8. The van der Waals surface area contributed by atoms with Gasteiger partial charge in [0.2, 0.25) is 10.0 Å². The first-order valence-corrected chi connectivity index (χ1v) is 7.73. The maximum Gasteiger partial charge on any atom is 0.245 e. The van der Waals surface area contributed by atoms with Crippen molar-refractivity contribution in [1.82, 2.24) is 4.31 Å². The molecule has 0 bridgehead atoms. The van der Waals surface area contributed by atoms with E-state index in [4.69, 9.17) is 10.5 Å². The first-order chi connectivity index (χ1) is 9.16. The van der Waals surface area contributed by atoms with Gasteiger partial charge in [0.1, 0.15) is 10.7 Å². The molecule has 0 saturated carbocycles. The quantitative estimate of drug-likeness (QED) is 0.813. The molecule has 2 N–H and O–H groups in total.